The van der Waals surface area contributed by atoms with E-state index in [2.05, 4.69) is 18.0 Å². The molecule has 1 aromatic heterocycles. The molecule has 0 aliphatic carbocycles. The van der Waals surface area contributed by atoms with Gasteiger partial charge in [0.2, 0.25) is 0 Å². The maximum Gasteiger partial charge on any atom is 0.0891 e. The zero-order valence-electron chi connectivity index (χ0n) is 11.4. The predicted molar refractivity (Wildman–Crippen MR) is 78.8 cm³/mol. The molecule has 17 heavy (non-hydrogen) atoms. The zero-order valence-corrected chi connectivity index (χ0v) is 12.2. The average Bonchev–Trinajstić information content (AvgIpc) is 2.43. The monoisotopic (exact) mass is 251 g/mol. The highest BCUT2D eigenvalue weighted by Crippen LogP contribution is 2.21. The van der Waals surface area contributed by atoms with Gasteiger partial charge in [-0.3, -0.25) is 4.98 Å². The Morgan fingerprint density at radius 2 is 1.65 bits per heavy atom. The van der Waals surface area contributed by atoms with Crippen molar-refractivity contribution < 1.29 is 0 Å². The molecular weight excluding hydrogens is 230 g/mol. The summed E-state index contributed by atoms with van der Waals surface area (Å²) < 4.78 is 0. The summed E-state index contributed by atoms with van der Waals surface area (Å²) >= 11 is 6.02. The Kier molecular flexibility index (Phi) is 8.43. The van der Waals surface area contributed by atoms with Crippen LogP contribution in [0.4, 0.5) is 0 Å². The van der Waals surface area contributed by atoms with Gasteiger partial charge in [-0.25, -0.2) is 0 Å². The fourth-order valence-electron chi connectivity index (χ4n) is 1.35. The number of nitrogens with zero attached hydrogens (tertiary/aromatic N) is 1. The van der Waals surface area contributed by atoms with E-state index in [9.17, 15) is 0 Å². The molecule has 1 aromatic carbocycles. The Hall–Kier alpha value is -1.08. The molecule has 2 aromatic rings. The van der Waals surface area contributed by atoms with Crippen molar-refractivity contribution >= 4 is 22.5 Å². The molecule has 0 amide bonds. The molecule has 2 rings (SSSR count). The van der Waals surface area contributed by atoms with Crippen molar-refractivity contribution in [2.75, 3.05) is 0 Å². The molecule has 0 aliphatic heterocycles. The average molecular weight is 252 g/mol. The summed E-state index contributed by atoms with van der Waals surface area (Å²) in [7, 11) is 0. The van der Waals surface area contributed by atoms with Crippen LogP contribution in [-0.2, 0) is 6.42 Å². The third-order valence-corrected chi connectivity index (χ3v) is 2.40. The minimum Gasteiger partial charge on any atom is -0.251 e. The summed E-state index contributed by atoms with van der Waals surface area (Å²) in [6.45, 7) is 10.1. The summed E-state index contributed by atoms with van der Waals surface area (Å²) in [5, 5.41) is 1.83. The second kappa shape index (κ2) is 9.00. The van der Waals surface area contributed by atoms with Gasteiger partial charge in [-0.2, -0.15) is 0 Å². The molecule has 0 fully saturated rings. The molecule has 2 heteroatoms. The van der Waals surface area contributed by atoms with Gasteiger partial charge in [0.05, 0.1) is 10.5 Å². The first-order chi connectivity index (χ1) is 8.31. The summed E-state index contributed by atoms with van der Waals surface area (Å²) in [5.74, 6) is 0. The van der Waals surface area contributed by atoms with E-state index >= 15 is 0 Å². The van der Waals surface area contributed by atoms with Crippen LogP contribution < -0.4 is 0 Å². The van der Waals surface area contributed by atoms with Gasteiger partial charge < -0.3 is 0 Å². The van der Waals surface area contributed by atoms with E-state index in [1.807, 2.05) is 52.0 Å². The molecule has 1 nitrogen and oxygen atoms in total. The fraction of sp³-hybridized carbons (Fsp3) is 0.400. The Morgan fingerprint density at radius 3 is 2.24 bits per heavy atom. The summed E-state index contributed by atoms with van der Waals surface area (Å²) in [6.07, 6.45) is 0.946. The molecule has 0 saturated heterocycles. The second-order valence-corrected chi connectivity index (χ2v) is 3.37. The summed E-state index contributed by atoms with van der Waals surface area (Å²) in [6, 6.07) is 9.94. The molecule has 1 heterocycles. The van der Waals surface area contributed by atoms with E-state index in [-0.39, 0.29) is 0 Å². The van der Waals surface area contributed by atoms with E-state index in [4.69, 9.17) is 11.6 Å². The molecule has 0 radical (unpaired) electrons. The van der Waals surface area contributed by atoms with Crippen molar-refractivity contribution in [1.29, 1.82) is 0 Å². The van der Waals surface area contributed by atoms with Gasteiger partial charge in [0, 0.05) is 11.1 Å². The fourth-order valence-corrected chi connectivity index (χ4v) is 1.57. The highest BCUT2D eigenvalue weighted by atomic mass is 35.5. The van der Waals surface area contributed by atoms with E-state index in [1.54, 1.807) is 0 Å². The number of fused-ring (bicyclic) bond motifs is 1. The van der Waals surface area contributed by atoms with Crippen LogP contribution in [0.15, 0.2) is 30.3 Å². The first-order valence-corrected chi connectivity index (χ1v) is 6.73. The van der Waals surface area contributed by atoms with Gasteiger partial charge in [0.25, 0.3) is 0 Å². The lowest BCUT2D eigenvalue weighted by atomic mass is 10.2. The highest BCUT2D eigenvalue weighted by molar-refractivity contribution is 6.35. The van der Waals surface area contributed by atoms with E-state index in [1.165, 1.54) is 0 Å². The second-order valence-electron chi connectivity index (χ2n) is 2.97. The van der Waals surface area contributed by atoms with Crippen molar-refractivity contribution in [1.82, 2.24) is 4.98 Å². The lowest BCUT2D eigenvalue weighted by Gasteiger charge is -2.01. The third kappa shape index (κ3) is 4.35. The smallest absolute Gasteiger partial charge is 0.0891 e. The topological polar surface area (TPSA) is 12.9 Å². The summed E-state index contributed by atoms with van der Waals surface area (Å²) in [5.41, 5.74) is 1.99. The largest absolute Gasteiger partial charge is 0.251 e. The number of rotatable bonds is 1. The van der Waals surface area contributed by atoms with Gasteiger partial charge >= 0.3 is 0 Å². The Morgan fingerprint density at radius 1 is 1.00 bits per heavy atom. The number of hydrogen-bond acceptors (Lipinski definition) is 1. The lowest BCUT2D eigenvalue weighted by Crippen LogP contribution is -1.87. The number of hydrogen-bond donors (Lipinski definition) is 0. The molecule has 0 atom stereocenters. The normalized spacial score (nSPS) is 8.82. The number of aryl methyl sites for hydroxylation is 1. The molecule has 0 saturated carbocycles. The Labute approximate surface area is 110 Å². The van der Waals surface area contributed by atoms with Crippen LogP contribution in [0, 0.1) is 0 Å². The highest BCUT2D eigenvalue weighted by Gasteiger charge is 1.99. The zero-order chi connectivity index (χ0) is 13.3. The maximum absolute atomic E-state index is 6.02. The number of pyridine rings is 1. The number of aromatic nitrogens is 1. The number of halogens is 1. The first kappa shape index (κ1) is 15.9. The molecule has 0 unspecified atom stereocenters. The molecule has 0 aliphatic rings. The van der Waals surface area contributed by atoms with Crippen molar-refractivity contribution in [3.8, 4) is 0 Å². The van der Waals surface area contributed by atoms with Crippen LogP contribution >= 0.6 is 11.6 Å². The number of benzene rings is 1. The standard InChI is InChI=1S/C11H10ClN.2C2H6/c1-2-9-7-6-8-4-3-5-10(12)11(8)13-9;2*1-2/h3-7H,2H2,1H3;2*1-2H3. The molecular formula is C15H22ClN. The van der Waals surface area contributed by atoms with Crippen LogP contribution in [0.1, 0.15) is 40.3 Å². The van der Waals surface area contributed by atoms with Gasteiger partial charge in [-0.05, 0) is 18.6 Å². The van der Waals surface area contributed by atoms with E-state index in [0.717, 1.165) is 28.0 Å². The van der Waals surface area contributed by atoms with Crippen molar-refractivity contribution in [2.45, 2.75) is 41.0 Å². The third-order valence-electron chi connectivity index (χ3n) is 2.09. The molecule has 0 N–H and O–H groups in total. The Bertz CT molecular complexity index is 438. The van der Waals surface area contributed by atoms with Crippen LogP contribution in [0.5, 0.6) is 0 Å². The minimum absolute atomic E-state index is 0.729. The van der Waals surface area contributed by atoms with E-state index < -0.39 is 0 Å². The van der Waals surface area contributed by atoms with Gasteiger partial charge in [-0.1, -0.05) is 64.4 Å². The van der Waals surface area contributed by atoms with Crippen LogP contribution in [0.3, 0.4) is 0 Å². The number of para-hydroxylation sites is 1. The van der Waals surface area contributed by atoms with Crippen molar-refractivity contribution in [3.63, 3.8) is 0 Å². The van der Waals surface area contributed by atoms with Crippen molar-refractivity contribution in [2.24, 2.45) is 0 Å². The van der Waals surface area contributed by atoms with Crippen molar-refractivity contribution in [3.05, 3.63) is 41.0 Å². The van der Waals surface area contributed by atoms with Gasteiger partial charge in [0.1, 0.15) is 0 Å². The molecule has 0 spiro atoms. The van der Waals surface area contributed by atoms with Crippen LogP contribution in [0.25, 0.3) is 10.9 Å². The van der Waals surface area contributed by atoms with Crippen LogP contribution in [-0.4, -0.2) is 4.98 Å². The van der Waals surface area contributed by atoms with E-state index in [0.29, 0.717) is 0 Å². The van der Waals surface area contributed by atoms with Gasteiger partial charge in [-0.15, -0.1) is 0 Å². The maximum atomic E-state index is 6.02. The quantitative estimate of drug-likeness (QED) is 0.652. The predicted octanol–water partition coefficient (Wildman–Crippen LogP) is 5.50. The SMILES string of the molecule is CC.CC.CCc1ccc2cccc(Cl)c2n1. The molecule has 94 valence electrons. The molecule has 0 bridgehead atoms. The van der Waals surface area contributed by atoms with Crippen LogP contribution in [0.2, 0.25) is 5.02 Å². The lowest BCUT2D eigenvalue weighted by molar-refractivity contribution is 1.06. The van der Waals surface area contributed by atoms with Gasteiger partial charge in [0.15, 0.2) is 0 Å². The Balaban J connectivity index is 0.000000581. The summed E-state index contributed by atoms with van der Waals surface area (Å²) in [4.78, 5) is 4.46. The first-order valence-electron chi connectivity index (χ1n) is 6.35. The minimum atomic E-state index is 0.729.